The summed E-state index contributed by atoms with van der Waals surface area (Å²) in [5.74, 6) is 0.700. The van der Waals surface area contributed by atoms with Crippen molar-refractivity contribution in [1.82, 2.24) is 9.88 Å². The molecule has 0 spiro atoms. The van der Waals surface area contributed by atoms with Crippen LogP contribution in [0.1, 0.15) is 24.4 Å². The van der Waals surface area contributed by atoms with Crippen molar-refractivity contribution in [2.45, 2.75) is 24.9 Å². The Kier molecular flexibility index (Phi) is 1.87. The summed E-state index contributed by atoms with van der Waals surface area (Å²) < 4.78 is 0. The molecule has 15 heavy (non-hydrogen) atoms. The highest BCUT2D eigenvalue weighted by Gasteiger charge is 2.38. The third-order valence-corrected chi connectivity index (χ3v) is 3.04. The predicted molar refractivity (Wildman–Crippen MR) is 58.3 cm³/mol. The molecule has 2 aliphatic rings. The molecule has 1 unspecified atom stereocenters. The Morgan fingerprint density at radius 1 is 1.40 bits per heavy atom. The minimum absolute atomic E-state index is 0.311. The normalized spacial score (nSPS) is 25.5. The summed E-state index contributed by atoms with van der Waals surface area (Å²) in [7, 11) is 0. The number of pyridine rings is 1. The predicted octanol–water partition coefficient (Wildman–Crippen LogP) is 0.915. The Bertz CT molecular complexity index is 383. The van der Waals surface area contributed by atoms with Gasteiger partial charge in [-0.1, -0.05) is 6.07 Å². The maximum atomic E-state index is 5.90. The molecule has 4 heteroatoms. The van der Waals surface area contributed by atoms with Crippen LogP contribution < -0.4 is 5.73 Å². The topological polar surface area (TPSA) is 54.5 Å². The summed E-state index contributed by atoms with van der Waals surface area (Å²) in [6.07, 6.45) is 6.19. The summed E-state index contributed by atoms with van der Waals surface area (Å²) in [4.78, 5) is 10.7. The monoisotopic (exact) mass is 202 g/mol. The first-order valence-electron chi connectivity index (χ1n) is 5.34. The SMILES string of the molecule is NC1=NCC(c2cccnc2)N1C1CC1. The molecule has 1 aromatic rings. The van der Waals surface area contributed by atoms with Gasteiger partial charge in [0, 0.05) is 18.4 Å². The van der Waals surface area contributed by atoms with Crippen LogP contribution in [0, 0.1) is 0 Å². The molecule has 0 amide bonds. The van der Waals surface area contributed by atoms with Gasteiger partial charge in [-0.25, -0.2) is 0 Å². The molecule has 4 nitrogen and oxygen atoms in total. The molecular formula is C11H14N4. The van der Waals surface area contributed by atoms with E-state index in [4.69, 9.17) is 5.73 Å². The number of rotatable bonds is 2. The van der Waals surface area contributed by atoms with E-state index in [2.05, 4.69) is 20.9 Å². The Labute approximate surface area is 88.8 Å². The molecule has 0 saturated heterocycles. The Hall–Kier alpha value is -1.58. The van der Waals surface area contributed by atoms with Crippen molar-refractivity contribution < 1.29 is 0 Å². The van der Waals surface area contributed by atoms with Crippen molar-refractivity contribution >= 4 is 5.96 Å². The average Bonchev–Trinajstić information content (AvgIpc) is 3.03. The van der Waals surface area contributed by atoms with E-state index in [-0.39, 0.29) is 0 Å². The van der Waals surface area contributed by atoms with E-state index in [1.165, 1.54) is 18.4 Å². The standard InChI is InChI=1S/C11H14N4/c12-11-14-7-10(15(11)9-3-4-9)8-2-1-5-13-6-8/h1-2,5-6,9-10H,3-4,7H2,(H2,12,14). The molecule has 1 fully saturated rings. The second-order valence-corrected chi connectivity index (χ2v) is 4.14. The van der Waals surface area contributed by atoms with Gasteiger partial charge in [-0.05, 0) is 24.5 Å². The molecule has 1 atom stereocenters. The largest absolute Gasteiger partial charge is 0.370 e. The van der Waals surface area contributed by atoms with E-state index in [1.807, 2.05) is 12.3 Å². The van der Waals surface area contributed by atoms with Crippen molar-refractivity contribution in [1.29, 1.82) is 0 Å². The van der Waals surface area contributed by atoms with Crippen LogP contribution >= 0.6 is 0 Å². The van der Waals surface area contributed by atoms with Gasteiger partial charge in [0.1, 0.15) is 0 Å². The van der Waals surface area contributed by atoms with Crippen molar-refractivity contribution in [3.8, 4) is 0 Å². The van der Waals surface area contributed by atoms with Crippen LogP contribution in [-0.2, 0) is 0 Å². The second kappa shape index (κ2) is 3.22. The lowest BCUT2D eigenvalue weighted by Crippen LogP contribution is -2.37. The zero-order valence-electron chi connectivity index (χ0n) is 8.50. The molecule has 2 heterocycles. The summed E-state index contributed by atoms with van der Waals surface area (Å²) >= 11 is 0. The van der Waals surface area contributed by atoms with Gasteiger partial charge in [0.15, 0.2) is 5.96 Å². The fraction of sp³-hybridized carbons (Fsp3) is 0.455. The minimum atomic E-state index is 0.311. The lowest BCUT2D eigenvalue weighted by Gasteiger charge is -2.26. The number of aromatic nitrogens is 1. The highest BCUT2D eigenvalue weighted by molar-refractivity contribution is 5.81. The lowest BCUT2D eigenvalue weighted by molar-refractivity contribution is 0.337. The molecule has 1 aliphatic carbocycles. The number of aliphatic imine (C=N–C) groups is 1. The molecule has 2 N–H and O–H groups in total. The summed E-state index contributed by atoms with van der Waals surface area (Å²) in [5, 5.41) is 0. The smallest absolute Gasteiger partial charge is 0.192 e. The summed E-state index contributed by atoms with van der Waals surface area (Å²) in [5.41, 5.74) is 7.12. The van der Waals surface area contributed by atoms with Crippen LogP contribution in [0.3, 0.4) is 0 Å². The quantitative estimate of drug-likeness (QED) is 0.775. The van der Waals surface area contributed by atoms with Gasteiger partial charge in [0.05, 0.1) is 12.6 Å². The minimum Gasteiger partial charge on any atom is -0.370 e. The second-order valence-electron chi connectivity index (χ2n) is 4.14. The Morgan fingerprint density at radius 2 is 2.27 bits per heavy atom. The zero-order chi connectivity index (χ0) is 10.3. The van der Waals surface area contributed by atoms with Crippen molar-refractivity contribution in [2.75, 3.05) is 6.54 Å². The van der Waals surface area contributed by atoms with Crippen LogP contribution in [0.25, 0.3) is 0 Å². The van der Waals surface area contributed by atoms with E-state index >= 15 is 0 Å². The Balaban J connectivity index is 1.88. The first-order valence-corrected chi connectivity index (χ1v) is 5.34. The number of nitrogens with two attached hydrogens (primary N) is 1. The van der Waals surface area contributed by atoms with Crippen molar-refractivity contribution in [3.63, 3.8) is 0 Å². The van der Waals surface area contributed by atoms with E-state index < -0.39 is 0 Å². The van der Waals surface area contributed by atoms with E-state index in [0.29, 0.717) is 18.0 Å². The van der Waals surface area contributed by atoms with Gasteiger partial charge in [0.2, 0.25) is 0 Å². The number of hydrogen-bond donors (Lipinski definition) is 1. The fourth-order valence-electron chi connectivity index (χ4n) is 2.14. The first-order chi connectivity index (χ1) is 7.36. The van der Waals surface area contributed by atoms with Gasteiger partial charge in [0.25, 0.3) is 0 Å². The summed E-state index contributed by atoms with van der Waals surface area (Å²) in [6, 6.07) is 4.99. The maximum absolute atomic E-state index is 5.90. The van der Waals surface area contributed by atoms with E-state index in [9.17, 15) is 0 Å². The van der Waals surface area contributed by atoms with Crippen molar-refractivity contribution in [3.05, 3.63) is 30.1 Å². The van der Waals surface area contributed by atoms with Crippen LogP contribution in [0.15, 0.2) is 29.5 Å². The van der Waals surface area contributed by atoms with Gasteiger partial charge in [-0.2, -0.15) is 0 Å². The van der Waals surface area contributed by atoms with Crippen LogP contribution in [0.2, 0.25) is 0 Å². The maximum Gasteiger partial charge on any atom is 0.192 e. The molecule has 1 aromatic heterocycles. The highest BCUT2D eigenvalue weighted by Crippen LogP contribution is 2.36. The zero-order valence-corrected chi connectivity index (χ0v) is 8.50. The molecule has 0 aromatic carbocycles. The highest BCUT2D eigenvalue weighted by atomic mass is 15.4. The average molecular weight is 202 g/mol. The molecule has 3 rings (SSSR count). The molecule has 78 valence electrons. The lowest BCUT2D eigenvalue weighted by atomic mass is 10.1. The van der Waals surface area contributed by atoms with E-state index in [0.717, 1.165) is 6.54 Å². The van der Waals surface area contributed by atoms with Crippen molar-refractivity contribution in [2.24, 2.45) is 10.7 Å². The number of guanidine groups is 1. The van der Waals surface area contributed by atoms with Crippen LogP contribution in [0.4, 0.5) is 0 Å². The molecule has 0 bridgehead atoms. The van der Waals surface area contributed by atoms with E-state index in [1.54, 1.807) is 6.20 Å². The number of nitrogens with zero attached hydrogens (tertiary/aromatic N) is 3. The number of hydrogen-bond acceptors (Lipinski definition) is 4. The van der Waals surface area contributed by atoms with Gasteiger partial charge < -0.3 is 10.6 Å². The van der Waals surface area contributed by atoms with Crippen LogP contribution in [0.5, 0.6) is 0 Å². The first kappa shape index (κ1) is 8.71. The van der Waals surface area contributed by atoms with Crippen LogP contribution in [-0.4, -0.2) is 28.4 Å². The van der Waals surface area contributed by atoms with Gasteiger partial charge in [-0.3, -0.25) is 9.98 Å². The summed E-state index contributed by atoms with van der Waals surface area (Å²) in [6.45, 7) is 0.772. The van der Waals surface area contributed by atoms with Gasteiger partial charge >= 0.3 is 0 Å². The third-order valence-electron chi connectivity index (χ3n) is 3.04. The molecule has 0 radical (unpaired) electrons. The molecular weight excluding hydrogens is 188 g/mol. The molecule has 1 aliphatic heterocycles. The third kappa shape index (κ3) is 1.46. The fourth-order valence-corrected chi connectivity index (χ4v) is 2.14. The molecule has 1 saturated carbocycles. The van der Waals surface area contributed by atoms with Gasteiger partial charge in [-0.15, -0.1) is 0 Å². The Morgan fingerprint density at radius 3 is 2.93 bits per heavy atom.